The first-order chi connectivity index (χ1) is 8.54. The number of aliphatic hydroxyl groups is 1. The maximum atomic E-state index is 13.8. The van der Waals surface area contributed by atoms with Gasteiger partial charge in [-0.25, -0.2) is 4.98 Å². The molecule has 0 radical (unpaired) electrons. The molecule has 0 unspecified atom stereocenters. The van der Waals surface area contributed by atoms with Gasteiger partial charge in [0.2, 0.25) is 5.95 Å². The van der Waals surface area contributed by atoms with Crippen molar-refractivity contribution in [3.8, 4) is 11.1 Å². The van der Waals surface area contributed by atoms with Crippen LogP contribution in [0.25, 0.3) is 11.1 Å². The van der Waals surface area contributed by atoms with Gasteiger partial charge in [-0.2, -0.15) is 4.39 Å². The smallest absolute Gasteiger partial charge is 0.221 e. The second-order valence-electron chi connectivity index (χ2n) is 3.52. The van der Waals surface area contributed by atoms with Gasteiger partial charge < -0.3 is 5.11 Å². The molecule has 0 fully saturated rings. The van der Waals surface area contributed by atoms with E-state index in [9.17, 15) is 4.39 Å². The number of rotatable bonds is 2. The Morgan fingerprint density at radius 2 is 1.67 bits per heavy atom. The standard InChI is InChI=1S/C12H7Cl3FNO/c13-9-4-3-7(10(14)11(9)15)8-2-1-6(5-18)17-12(8)16/h1-4,18H,5H2. The maximum absolute atomic E-state index is 13.8. The second kappa shape index (κ2) is 5.41. The lowest BCUT2D eigenvalue weighted by Gasteiger charge is -2.08. The lowest BCUT2D eigenvalue weighted by atomic mass is 10.1. The molecule has 0 saturated carbocycles. The van der Waals surface area contributed by atoms with E-state index in [0.717, 1.165) is 0 Å². The minimum Gasteiger partial charge on any atom is -0.390 e. The molecule has 0 aliphatic heterocycles. The molecule has 1 N–H and O–H groups in total. The van der Waals surface area contributed by atoms with Crippen molar-refractivity contribution in [2.45, 2.75) is 6.61 Å². The van der Waals surface area contributed by atoms with Crippen molar-refractivity contribution < 1.29 is 9.50 Å². The number of hydrogen-bond acceptors (Lipinski definition) is 2. The molecule has 0 saturated heterocycles. The molecule has 2 rings (SSSR count). The molecule has 0 aliphatic rings. The van der Waals surface area contributed by atoms with E-state index in [2.05, 4.69) is 4.98 Å². The number of aliphatic hydroxyl groups excluding tert-OH is 1. The van der Waals surface area contributed by atoms with Crippen LogP contribution in [0.2, 0.25) is 15.1 Å². The molecule has 0 aliphatic carbocycles. The van der Waals surface area contributed by atoms with E-state index in [1.54, 1.807) is 6.07 Å². The van der Waals surface area contributed by atoms with E-state index in [1.807, 2.05) is 0 Å². The molecule has 0 atom stereocenters. The van der Waals surface area contributed by atoms with Crippen LogP contribution in [-0.4, -0.2) is 10.1 Å². The predicted molar refractivity (Wildman–Crippen MR) is 70.6 cm³/mol. The van der Waals surface area contributed by atoms with Gasteiger partial charge in [0.05, 0.1) is 27.4 Å². The van der Waals surface area contributed by atoms with Crippen molar-refractivity contribution in [1.82, 2.24) is 4.98 Å². The summed E-state index contributed by atoms with van der Waals surface area (Å²) in [7, 11) is 0. The third-order valence-electron chi connectivity index (χ3n) is 2.39. The minimum absolute atomic E-state index is 0.168. The summed E-state index contributed by atoms with van der Waals surface area (Å²) in [6, 6.07) is 6.09. The summed E-state index contributed by atoms with van der Waals surface area (Å²) in [4.78, 5) is 3.61. The number of nitrogens with zero attached hydrogens (tertiary/aromatic N) is 1. The largest absolute Gasteiger partial charge is 0.390 e. The Kier molecular flexibility index (Phi) is 4.07. The van der Waals surface area contributed by atoms with Gasteiger partial charge in [0.15, 0.2) is 0 Å². The lowest BCUT2D eigenvalue weighted by Crippen LogP contribution is -1.95. The average Bonchev–Trinajstić information content (AvgIpc) is 2.37. The molecule has 2 aromatic rings. The van der Waals surface area contributed by atoms with Crippen molar-refractivity contribution in [2.75, 3.05) is 0 Å². The van der Waals surface area contributed by atoms with E-state index < -0.39 is 5.95 Å². The van der Waals surface area contributed by atoms with E-state index in [-0.39, 0.29) is 27.9 Å². The first-order valence-electron chi connectivity index (χ1n) is 4.94. The summed E-state index contributed by atoms with van der Waals surface area (Å²) >= 11 is 17.7. The highest BCUT2D eigenvalue weighted by Crippen LogP contribution is 2.38. The summed E-state index contributed by atoms with van der Waals surface area (Å²) in [5, 5.41) is 9.50. The molecule has 18 heavy (non-hydrogen) atoms. The van der Waals surface area contributed by atoms with Crippen LogP contribution in [0.3, 0.4) is 0 Å². The minimum atomic E-state index is -0.721. The zero-order valence-electron chi connectivity index (χ0n) is 8.92. The molecule has 1 aromatic heterocycles. The Bertz CT molecular complexity index is 604. The fourth-order valence-corrected chi connectivity index (χ4v) is 2.13. The molecular formula is C12H7Cl3FNO. The van der Waals surface area contributed by atoms with Gasteiger partial charge in [-0.3, -0.25) is 0 Å². The Labute approximate surface area is 118 Å². The summed E-state index contributed by atoms with van der Waals surface area (Å²) in [6.45, 7) is -0.327. The van der Waals surface area contributed by atoms with Crippen molar-refractivity contribution in [1.29, 1.82) is 0 Å². The van der Waals surface area contributed by atoms with Gasteiger partial charge in [-0.1, -0.05) is 40.9 Å². The third-order valence-corrected chi connectivity index (χ3v) is 3.69. The molecule has 1 heterocycles. The molecule has 6 heteroatoms. The van der Waals surface area contributed by atoms with Crippen LogP contribution in [0.5, 0.6) is 0 Å². The molecule has 94 valence electrons. The summed E-state index contributed by atoms with van der Waals surface area (Å²) < 4.78 is 13.8. The fraction of sp³-hybridized carbons (Fsp3) is 0.0833. The van der Waals surface area contributed by atoms with Crippen molar-refractivity contribution in [3.63, 3.8) is 0 Å². The van der Waals surface area contributed by atoms with Gasteiger partial charge in [0.1, 0.15) is 0 Å². The second-order valence-corrected chi connectivity index (χ2v) is 4.69. The monoisotopic (exact) mass is 305 g/mol. The Hall–Kier alpha value is -0.870. The normalized spacial score (nSPS) is 10.7. The van der Waals surface area contributed by atoms with Crippen molar-refractivity contribution in [3.05, 3.63) is 51.0 Å². The van der Waals surface area contributed by atoms with Crippen LogP contribution < -0.4 is 0 Å². The van der Waals surface area contributed by atoms with Crippen LogP contribution in [0.1, 0.15) is 5.69 Å². The quantitative estimate of drug-likeness (QED) is 0.661. The van der Waals surface area contributed by atoms with Crippen molar-refractivity contribution in [2.24, 2.45) is 0 Å². The van der Waals surface area contributed by atoms with Crippen LogP contribution in [0.4, 0.5) is 4.39 Å². The van der Waals surface area contributed by atoms with Crippen molar-refractivity contribution >= 4 is 34.8 Å². The van der Waals surface area contributed by atoms with Crippen LogP contribution in [-0.2, 0) is 6.61 Å². The first kappa shape index (κ1) is 13.6. The Morgan fingerprint density at radius 3 is 2.28 bits per heavy atom. The number of aromatic nitrogens is 1. The van der Waals surface area contributed by atoms with Gasteiger partial charge in [0, 0.05) is 11.1 Å². The van der Waals surface area contributed by atoms with Crippen LogP contribution >= 0.6 is 34.8 Å². The zero-order chi connectivity index (χ0) is 13.3. The number of halogens is 4. The number of hydrogen-bond donors (Lipinski definition) is 1. The number of pyridine rings is 1. The Balaban J connectivity index is 2.59. The summed E-state index contributed by atoms with van der Waals surface area (Å²) in [5.41, 5.74) is 0.851. The maximum Gasteiger partial charge on any atom is 0.221 e. The lowest BCUT2D eigenvalue weighted by molar-refractivity contribution is 0.275. The zero-order valence-corrected chi connectivity index (χ0v) is 11.2. The van der Waals surface area contributed by atoms with Gasteiger partial charge in [0.25, 0.3) is 0 Å². The molecule has 1 aromatic carbocycles. The molecule has 2 nitrogen and oxygen atoms in total. The predicted octanol–water partition coefficient (Wildman–Crippen LogP) is 4.34. The van der Waals surface area contributed by atoms with E-state index in [1.165, 1.54) is 18.2 Å². The van der Waals surface area contributed by atoms with E-state index in [0.29, 0.717) is 10.6 Å². The van der Waals surface area contributed by atoms with Crippen LogP contribution in [0.15, 0.2) is 24.3 Å². The molecule has 0 amide bonds. The summed E-state index contributed by atoms with van der Waals surface area (Å²) in [5.74, 6) is -0.721. The summed E-state index contributed by atoms with van der Waals surface area (Å²) in [6.07, 6.45) is 0. The van der Waals surface area contributed by atoms with Gasteiger partial charge >= 0.3 is 0 Å². The van der Waals surface area contributed by atoms with Gasteiger partial charge in [-0.05, 0) is 18.2 Å². The highest BCUT2D eigenvalue weighted by atomic mass is 35.5. The highest BCUT2D eigenvalue weighted by molar-refractivity contribution is 6.49. The number of benzene rings is 1. The van der Waals surface area contributed by atoms with Gasteiger partial charge in [-0.15, -0.1) is 0 Å². The molecule has 0 bridgehead atoms. The first-order valence-corrected chi connectivity index (χ1v) is 6.08. The average molecular weight is 307 g/mol. The van der Waals surface area contributed by atoms with E-state index >= 15 is 0 Å². The Morgan fingerprint density at radius 1 is 1.00 bits per heavy atom. The topological polar surface area (TPSA) is 33.1 Å². The third kappa shape index (κ3) is 2.45. The highest BCUT2D eigenvalue weighted by Gasteiger charge is 2.14. The van der Waals surface area contributed by atoms with Crippen LogP contribution in [0, 0.1) is 5.95 Å². The fourth-order valence-electron chi connectivity index (χ4n) is 1.49. The SMILES string of the molecule is OCc1ccc(-c2ccc(Cl)c(Cl)c2Cl)c(F)n1. The molecular weight excluding hydrogens is 299 g/mol. The van der Waals surface area contributed by atoms with E-state index in [4.69, 9.17) is 39.9 Å². The molecule has 0 spiro atoms.